The van der Waals surface area contributed by atoms with Crippen LogP contribution in [-0.4, -0.2) is 73.9 Å². The van der Waals surface area contributed by atoms with Crippen LogP contribution in [0.3, 0.4) is 0 Å². The van der Waals surface area contributed by atoms with E-state index in [0.29, 0.717) is 69.9 Å². The number of amides is 2. The Balaban J connectivity index is 1.19. The largest absolute Gasteiger partial charge is 0.494 e. The van der Waals surface area contributed by atoms with E-state index in [1.807, 2.05) is 82.9 Å². The highest BCUT2D eigenvalue weighted by molar-refractivity contribution is 5.94. The number of hydrogen-bond acceptors (Lipinski definition) is 7. The zero-order chi connectivity index (χ0) is 31.6. The Kier molecular flexibility index (Phi) is 10.1. The van der Waals surface area contributed by atoms with Crippen molar-refractivity contribution in [2.24, 2.45) is 0 Å². The third-order valence-electron chi connectivity index (χ3n) is 8.20. The zero-order valence-corrected chi connectivity index (χ0v) is 25.8. The van der Waals surface area contributed by atoms with Crippen molar-refractivity contribution in [3.8, 4) is 28.5 Å². The van der Waals surface area contributed by atoms with Gasteiger partial charge in [-0.2, -0.15) is 0 Å². The Morgan fingerprint density at radius 3 is 2.43 bits per heavy atom. The van der Waals surface area contributed by atoms with Crippen LogP contribution in [0, 0.1) is 0 Å². The number of oxazole rings is 1. The SMILES string of the molecule is O=C(CCc1cccnc1)N1CCCCN(C(=O)c2ccc(-c3cnco3)cc2)CCn2ccnc2-c2cccc(c2)OCCC1. The fourth-order valence-electron chi connectivity index (χ4n) is 5.70. The maximum atomic E-state index is 13.8. The van der Waals surface area contributed by atoms with Crippen LogP contribution in [-0.2, 0) is 17.8 Å². The Labute approximate surface area is 268 Å². The van der Waals surface area contributed by atoms with Gasteiger partial charge >= 0.3 is 0 Å². The second-order valence-electron chi connectivity index (χ2n) is 11.4. The lowest BCUT2D eigenvalue weighted by Gasteiger charge is -2.26. The summed E-state index contributed by atoms with van der Waals surface area (Å²) in [6, 6.07) is 19.2. The molecule has 2 aromatic carbocycles. The molecule has 6 rings (SSSR count). The molecule has 0 unspecified atom stereocenters. The number of pyridine rings is 1. The van der Waals surface area contributed by atoms with E-state index in [-0.39, 0.29) is 11.8 Å². The highest BCUT2D eigenvalue weighted by Crippen LogP contribution is 2.24. The topological polar surface area (TPSA) is 107 Å². The van der Waals surface area contributed by atoms with Crippen molar-refractivity contribution in [1.82, 2.24) is 29.3 Å². The highest BCUT2D eigenvalue weighted by atomic mass is 16.5. The average molecular weight is 619 g/mol. The summed E-state index contributed by atoms with van der Waals surface area (Å²) in [7, 11) is 0. The first-order chi connectivity index (χ1) is 22.6. The van der Waals surface area contributed by atoms with E-state index < -0.39 is 0 Å². The Hall–Kier alpha value is -5.25. The van der Waals surface area contributed by atoms with Gasteiger partial charge in [-0.05, 0) is 61.6 Å². The number of carbonyl (C=O) groups is 2. The van der Waals surface area contributed by atoms with Crippen molar-refractivity contribution in [1.29, 1.82) is 0 Å². The van der Waals surface area contributed by atoms with Crippen molar-refractivity contribution in [2.45, 2.75) is 38.6 Å². The zero-order valence-electron chi connectivity index (χ0n) is 25.8. The highest BCUT2D eigenvalue weighted by Gasteiger charge is 2.19. The Morgan fingerprint density at radius 2 is 1.63 bits per heavy atom. The molecule has 2 bridgehead atoms. The van der Waals surface area contributed by atoms with E-state index in [1.54, 1.807) is 18.6 Å². The van der Waals surface area contributed by atoms with E-state index in [0.717, 1.165) is 41.1 Å². The molecule has 10 heteroatoms. The molecule has 5 aromatic rings. The van der Waals surface area contributed by atoms with Crippen LogP contribution in [0.15, 0.2) is 102 Å². The molecule has 0 saturated carbocycles. The van der Waals surface area contributed by atoms with E-state index in [9.17, 15) is 9.59 Å². The van der Waals surface area contributed by atoms with Crippen molar-refractivity contribution in [3.63, 3.8) is 0 Å². The van der Waals surface area contributed by atoms with Crippen molar-refractivity contribution in [2.75, 3.05) is 32.8 Å². The molecule has 3 aromatic heterocycles. The van der Waals surface area contributed by atoms with Crippen LogP contribution in [0.2, 0.25) is 0 Å². The number of aromatic nitrogens is 4. The molecule has 0 radical (unpaired) electrons. The molecule has 2 amide bonds. The molecule has 1 aliphatic heterocycles. The second kappa shape index (κ2) is 15.2. The fraction of sp³-hybridized carbons (Fsp3) is 0.306. The summed E-state index contributed by atoms with van der Waals surface area (Å²) < 4.78 is 13.6. The van der Waals surface area contributed by atoms with Crippen LogP contribution in [0.25, 0.3) is 22.7 Å². The third kappa shape index (κ3) is 7.87. The molecular formula is C36H38N6O4. The number of imidazole rings is 1. The minimum Gasteiger partial charge on any atom is -0.494 e. The summed E-state index contributed by atoms with van der Waals surface area (Å²) in [6.45, 7) is 3.40. The van der Waals surface area contributed by atoms with Crippen LogP contribution in [0.1, 0.15) is 41.6 Å². The summed E-state index contributed by atoms with van der Waals surface area (Å²) in [4.78, 5) is 43.8. The molecule has 0 aliphatic carbocycles. The third-order valence-corrected chi connectivity index (χ3v) is 8.20. The molecule has 1 aliphatic rings. The number of nitrogens with zero attached hydrogens (tertiary/aromatic N) is 6. The monoisotopic (exact) mass is 618 g/mol. The Morgan fingerprint density at radius 1 is 0.783 bits per heavy atom. The maximum absolute atomic E-state index is 13.8. The minimum atomic E-state index is -0.0384. The molecule has 0 atom stereocenters. The van der Waals surface area contributed by atoms with Gasteiger partial charge in [-0.25, -0.2) is 9.97 Å². The number of carbonyl (C=O) groups excluding carboxylic acids is 2. The molecule has 0 saturated heterocycles. The molecule has 46 heavy (non-hydrogen) atoms. The first-order valence-corrected chi connectivity index (χ1v) is 15.8. The molecule has 0 spiro atoms. The van der Waals surface area contributed by atoms with Gasteiger partial charge in [0, 0.05) is 80.6 Å². The van der Waals surface area contributed by atoms with Gasteiger partial charge in [0.25, 0.3) is 5.91 Å². The molecule has 10 nitrogen and oxygen atoms in total. The van der Waals surface area contributed by atoms with Crippen LogP contribution < -0.4 is 4.74 Å². The summed E-state index contributed by atoms with van der Waals surface area (Å²) in [6.07, 6.45) is 13.7. The van der Waals surface area contributed by atoms with Gasteiger partial charge in [-0.1, -0.05) is 30.3 Å². The lowest BCUT2D eigenvalue weighted by molar-refractivity contribution is -0.131. The molecular weight excluding hydrogens is 580 g/mol. The van der Waals surface area contributed by atoms with E-state index in [2.05, 4.69) is 19.5 Å². The predicted molar refractivity (Wildman–Crippen MR) is 174 cm³/mol. The summed E-state index contributed by atoms with van der Waals surface area (Å²) in [5, 5.41) is 0. The predicted octanol–water partition coefficient (Wildman–Crippen LogP) is 5.77. The van der Waals surface area contributed by atoms with Crippen molar-refractivity contribution < 1.29 is 18.7 Å². The van der Waals surface area contributed by atoms with Crippen LogP contribution in [0.4, 0.5) is 0 Å². The number of hydrogen-bond donors (Lipinski definition) is 0. The number of fused-ring (bicyclic) bond motifs is 4. The van der Waals surface area contributed by atoms with Gasteiger partial charge in [-0.15, -0.1) is 0 Å². The van der Waals surface area contributed by atoms with Gasteiger partial charge in [0.2, 0.25) is 5.91 Å². The lowest BCUT2D eigenvalue weighted by Crippen LogP contribution is -2.36. The van der Waals surface area contributed by atoms with Crippen molar-refractivity contribution in [3.05, 3.63) is 109 Å². The number of rotatable bonds is 5. The van der Waals surface area contributed by atoms with Crippen LogP contribution in [0.5, 0.6) is 5.75 Å². The van der Waals surface area contributed by atoms with Gasteiger partial charge in [-0.3, -0.25) is 14.6 Å². The maximum Gasteiger partial charge on any atom is 0.253 e. The van der Waals surface area contributed by atoms with Crippen molar-refractivity contribution >= 4 is 11.8 Å². The average Bonchev–Trinajstić information content (AvgIpc) is 3.81. The van der Waals surface area contributed by atoms with Gasteiger partial charge in [0.15, 0.2) is 12.2 Å². The standard InChI is InChI=1S/C36H38N6O4/c43-34(14-9-28-6-4-15-37-25-28)40-17-1-2-18-42(36(44)30-12-10-29(11-13-30)33-26-38-27-46-33)22-21-41-20-16-39-35(41)31-7-3-8-32(24-31)45-23-5-19-40/h3-4,6-8,10-13,15-16,20,24-27H,1-2,5,9,14,17-19,21-23H2. The molecule has 236 valence electrons. The number of benzene rings is 2. The first kappa shape index (κ1) is 30.8. The quantitative estimate of drug-likeness (QED) is 0.246. The Bertz CT molecular complexity index is 1700. The van der Waals surface area contributed by atoms with E-state index in [1.165, 1.54) is 6.39 Å². The van der Waals surface area contributed by atoms with E-state index >= 15 is 0 Å². The molecule has 0 fully saturated rings. The molecule has 4 heterocycles. The second-order valence-corrected chi connectivity index (χ2v) is 11.4. The smallest absolute Gasteiger partial charge is 0.253 e. The number of ether oxygens (including phenoxy) is 1. The molecule has 0 N–H and O–H groups in total. The normalized spacial score (nSPS) is 14.6. The first-order valence-electron chi connectivity index (χ1n) is 15.8. The van der Waals surface area contributed by atoms with Gasteiger partial charge in [0.1, 0.15) is 11.6 Å². The van der Waals surface area contributed by atoms with Gasteiger partial charge in [0.05, 0.1) is 12.8 Å². The fourth-order valence-corrected chi connectivity index (χ4v) is 5.70. The summed E-state index contributed by atoms with van der Waals surface area (Å²) in [5.41, 5.74) is 3.46. The van der Waals surface area contributed by atoms with Crippen LogP contribution >= 0.6 is 0 Å². The summed E-state index contributed by atoms with van der Waals surface area (Å²) in [5.74, 6) is 2.32. The summed E-state index contributed by atoms with van der Waals surface area (Å²) >= 11 is 0. The number of aryl methyl sites for hydroxylation is 1. The minimum absolute atomic E-state index is 0.0384. The lowest BCUT2D eigenvalue weighted by atomic mass is 10.1. The van der Waals surface area contributed by atoms with E-state index in [4.69, 9.17) is 9.15 Å². The van der Waals surface area contributed by atoms with Gasteiger partial charge < -0.3 is 23.5 Å².